The van der Waals surface area contributed by atoms with E-state index in [2.05, 4.69) is 0 Å². The van der Waals surface area contributed by atoms with E-state index in [-0.39, 0.29) is 148 Å². The second-order valence-corrected chi connectivity index (χ2v) is 5.93. The first-order valence-corrected chi connectivity index (χ1v) is 13.7. The van der Waals surface area contributed by atoms with Crippen molar-refractivity contribution in [2.75, 3.05) is 0 Å². The van der Waals surface area contributed by atoms with Crippen LogP contribution in [0.1, 0.15) is 0 Å². The minimum absolute atomic E-state index is 0. The van der Waals surface area contributed by atoms with Gasteiger partial charge in [0.05, 0.1) is 0 Å². The number of hydrogen-bond acceptors (Lipinski definition) is 7. The van der Waals surface area contributed by atoms with E-state index in [4.69, 9.17) is 98.4 Å². The standard InChI is InChI=1S/5Na.7H2O3Si.5H/c;;;;;7*1-4(2)3;;;;;/h;;;;;7*1-2H;;;;;. The molecule has 21 nitrogen and oxygen atoms in total. The Morgan fingerprint density at radius 1 is 0.212 bits per heavy atom. The molecule has 0 aliphatic carbocycles. The molecule has 0 radical (unpaired) electrons. The van der Waals surface area contributed by atoms with E-state index in [0.717, 1.165) is 0 Å². The van der Waals surface area contributed by atoms with Crippen LogP contribution in [0.15, 0.2) is 0 Å². The normalized spacial score (nSPS) is 5.09. The molecular weight excluding hydrogens is 648 g/mol. The van der Waals surface area contributed by atoms with Crippen LogP contribution < -0.4 is 0 Å². The van der Waals surface area contributed by atoms with Crippen LogP contribution in [0, 0.1) is 0 Å². The fraction of sp³-hybridized carbons (Fsp3) is 0. The maximum absolute atomic E-state index is 8.74. The molecule has 0 spiro atoms. The van der Waals surface area contributed by atoms with E-state index in [0.29, 0.717) is 0 Å². The molecule has 0 bridgehead atoms. The fourth-order valence-electron chi connectivity index (χ4n) is 0. The van der Waals surface area contributed by atoms with Gasteiger partial charge in [0.1, 0.15) is 0 Å². The summed E-state index contributed by atoms with van der Waals surface area (Å²) in [6, 6.07) is 0. The second-order valence-electron chi connectivity index (χ2n) is 1.98. The third-order valence-corrected chi connectivity index (χ3v) is 0. The van der Waals surface area contributed by atoms with Crippen LogP contribution in [0.25, 0.3) is 0 Å². The summed E-state index contributed by atoms with van der Waals surface area (Å²) >= 11 is 0. The van der Waals surface area contributed by atoms with Crippen molar-refractivity contribution in [2.45, 2.75) is 0 Å². The van der Waals surface area contributed by atoms with Gasteiger partial charge in [-0.3, -0.25) is 31.2 Å². The maximum atomic E-state index is 8.74. The summed E-state index contributed by atoms with van der Waals surface area (Å²) in [5.41, 5.74) is 0. The van der Waals surface area contributed by atoms with Crippen LogP contribution in [-0.2, 0) is 31.2 Å². The molecule has 0 aliphatic rings. The van der Waals surface area contributed by atoms with Gasteiger partial charge < -0.3 is 67.1 Å². The molecule has 0 aliphatic heterocycles. The Morgan fingerprint density at radius 2 is 0.212 bits per heavy atom. The molecule has 178 valence electrons. The van der Waals surface area contributed by atoms with Crippen molar-refractivity contribution in [1.82, 2.24) is 0 Å². The minimum atomic E-state index is -3.13. The van der Waals surface area contributed by atoms with Crippen LogP contribution in [0.2, 0.25) is 0 Å². The Morgan fingerprint density at radius 3 is 0.212 bits per heavy atom. The zero-order valence-corrected chi connectivity index (χ0v) is 19.6. The third kappa shape index (κ3) is 6670. The van der Waals surface area contributed by atoms with Crippen molar-refractivity contribution < 1.29 is 98.4 Å². The first kappa shape index (κ1) is 76.5. The van der Waals surface area contributed by atoms with Gasteiger partial charge in [-0.05, 0) is 0 Å². The monoisotopic (exact) mass is 666 g/mol. The van der Waals surface area contributed by atoms with Gasteiger partial charge in [0.25, 0.3) is 0 Å². The van der Waals surface area contributed by atoms with Crippen molar-refractivity contribution in [3.8, 4) is 0 Å². The summed E-state index contributed by atoms with van der Waals surface area (Å²) < 4.78 is 61.2. The zero-order chi connectivity index (χ0) is 25.0. The van der Waals surface area contributed by atoms with Gasteiger partial charge in [0.15, 0.2) is 0 Å². The van der Waals surface area contributed by atoms with E-state index >= 15 is 0 Å². The van der Waals surface area contributed by atoms with Gasteiger partial charge in [-0.2, -0.15) is 0 Å². The number of rotatable bonds is 0. The van der Waals surface area contributed by atoms with Gasteiger partial charge in [-0.15, -0.1) is 0 Å². The summed E-state index contributed by atoms with van der Waals surface area (Å²) in [5, 5.41) is 0. The van der Waals surface area contributed by atoms with Crippen LogP contribution in [0.3, 0.4) is 0 Å². The second kappa shape index (κ2) is 70.1. The van der Waals surface area contributed by atoms with Crippen molar-refractivity contribution in [3.05, 3.63) is 0 Å². The molecule has 33 heavy (non-hydrogen) atoms. The van der Waals surface area contributed by atoms with Crippen molar-refractivity contribution in [3.63, 3.8) is 0 Å². The molecule has 0 unspecified atom stereocenters. The molecule has 0 heterocycles. The molecule has 0 aromatic heterocycles. The van der Waals surface area contributed by atoms with E-state index in [1.54, 1.807) is 0 Å². The quantitative estimate of drug-likeness (QED) is 0.107. The van der Waals surface area contributed by atoms with E-state index in [1.165, 1.54) is 0 Å². The molecule has 14 N–H and O–H groups in total. The summed E-state index contributed by atoms with van der Waals surface area (Å²) in [6.45, 7) is 0. The Bertz CT molecular complexity index is 322. The Hall–Kier alpha value is 2.32. The molecule has 33 heteroatoms. The van der Waals surface area contributed by atoms with Gasteiger partial charge in [0, 0.05) is 0 Å². The SMILES string of the molecule is O=[Si](O)O.O=[Si](O)O.O=[Si](O)O.O=[Si](O)O.O=[Si](O)O.O=[Si](O)O.O=[Si](O)O.[NaH].[NaH].[NaH].[NaH].[NaH]. The summed E-state index contributed by atoms with van der Waals surface area (Å²) in [6.07, 6.45) is 0. The van der Waals surface area contributed by atoms with E-state index < -0.39 is 64.2 Å². The zero-order valence-electron chi connectivity index (χ0n) is 12.6. The third-order valence-electron chi connectivity index (χ3n) is 0. The Kier molecular flexibility index (Phi) is 162. The molecule has 0 saturated carbocycles. The van der Waals surface area contributed by atoms with Crippen molar-refractivity contribution >= 4 is 212 Å². The van der Waals surface area contributed by atoms with Crippen molar-refractivity contribution in [2.24, 2.45) is 0 Å². The van der Waals surface area contributed by atoms with Crippen LogP contribution in [0.5, 0.6) is 0 Å². The molecule has 0 aromatic rings. The van der Waals surface area contributed by atoms with Crippen molar-refractivity contribution in [1.29, 1.82) is 0 Å². The van der Waals surface area contributed by atoms with Gasteiger partial charge in [-0.1, -0.05) is 0 Å². The topological polar surface area (TPSA) is 403 Å². The molecular formula is H19Na5O21Si7. The van der Waals surface area contributed by atoms with Crippen LogP contribution in [0.4, 0.5) is 0 Å². The summed E-state index contributed by atoms with van der Waals surface area (Å²) in [5.74, 6) is 0. The Balaban J connectivity index is -0.0000000152. The van der Waals surface area contributed by atoms with Gasteiger partial charge in [0.2, 0.25) is 0 Å². The van der Waals surface area contributed by atoms with Crippen LogP contribution >= 0.6 is 0 Å². The average Bonchev–Trinajstić information content (AvgIpc) is 2.20. The first-order valence-electron chi connectivity index (χ1n) is 4.56. The predicted molar refractivity (Wildman–Crippen MR) is 112 cm³/mol. The summed E-state index contributed by atoms with van der Waals surface area (Å²) in [7, 11) is -21.9. The fourth-order valence-corrected chi connectivity index (χ4v) is 0. The Labute approximate surface area is 305 Å². The first-order chi connectivity index (χ1) is 12.1. The molecule has 0 amide bonds. The number of hydrogen-bond donors (Lipinski definition) is 14. The van der Waals surface area contributed by atoms with E-state index in [9.17, 15) is 0 Å². The average molecular weight is 667 g/mol. The molecule has 0 fully saturated rings. The molecule has 0 rings (SSSR count). The predicted octanol–water partition coefficient (Wildman–Crippen LogP) is -14.5. The van der Waals surface area contributed by atoms with E-state index in [1.807, 2.05) is 0 Å². The van der Waals surface area contributed by atoms with Gasteiger partial charge in [-0.25, -0.2) is 0 Å². The summed E-state index contributed by atoms with van der Waals surface area (Å²) in [4.78, 5) is 100. The molecule has 0 saturated heterocycles. The van der Waals surface area contributed by atoms with Crippen LogP contribution in [-0.4, -0.2) is 279 Å². The van der Waals surface area contributed by atoms with Gasteiger partial charge >= 0.3 is 212 Å². The molecule has 0 atom stereocenters. The molecule has 0 aromatic carbocycles.